The Morgan fingerprint density at radius 1 is 1.45 bits per heavy atom. The van der Waals surface area contributed by atoms with Crippen molar-refractivity contribution < 1.29 is 14.4 Å². The summed E-state index contributed by atoms with van der Waals surface area (Å²) in [5.41, 5.74) is 0. The summed E-state index contributed by atoms with van der Waals surface area (Å²) < 4.78 is 9.16. The summed E-state index contributed by atoms with van der Waals surface area (Å²) in [6.45, 7) is 1.65. The largest absolute Gasteiger partial charge is 0.462 e. The highest BCUT2D eigenvalue weighted by Gasteiger charge is 2.40. The molecule has 0 aliphatic heterocycles. The van der Waals surface area contributed by atoms with Crippen LogP contribution in [0.3, 0.4) is 0 Å². The zero-order valence-corrected chi connectivity index (χ0v) is 6.73. The van der Waals surface area contributed by atoms with Crippen LogP contribution in [-0.4, -0.2) is 25.1 Å². The molecule has 0 aromatic carbocycles. The van der Waals surface area contributed by atoms with Crippen molar-refractivity contribution in [2.45, 2.75) is 12.8 Å². The molecule has 0 N–H and O–H groups in total. The fourth-order valence-electron chi connectivity index (χ4n) is 0.640. The van der Waals surface area contributed by atoms with Gasteiger partial charge in [0.15, 0.2) is 0 Å². The lowest BCUT2D eigenvalue weighted by Gasteiger charge is -2.16. The summed E-state index contributed by atoms with van der Waals surface area (Å²) in [4.78, 5) is 9.73. The fraction of sp³-hybridized carbons (Fsp3) is 0.667. The van der Waals surface area contributed by atoms with E-state index in [-0.39, 0.29) is 0 Å². The minimum Gasteiger partial charge on any atom is -0.291 e. The monoisotopic (exact) mass is 161 g/mol. The Labute approximate surface area is 64.8 Å². The van der Waals surface area contributed by atoms with Crippen LogP contribution >= 0.6 is 0 Å². The van der Waals surface area contributed by atoms with Gasteiger partial charge in [-0.05, 0) is 6.92 Å². The molecule has 0 amide bonds. The van der Waals surface area contributed by atoms with Crippen molar-refractivity contribution >= 4 is 0 Å². The molecule has 0 aliphatic rings. The zero-order chi connectivity index (χ0) is 8.91. The fourth-order valence-corrected chi connectivity index (χ4v) is 0.640. The van der Waals surface area contributed by atoms with Gasteiger partial charge in [0.25, 0.3) is 0 Å². The van der Waals surface area contributed by atoms with E-state index in [0.29, 0.717) is 0 Å². The van der Waals surface area contributed by atoms with Crippen LogP contribution in [0, 0.1) is 10.1 Å². The van der Waals surface area contributed by atoms with Gasteiger partial charge in [0.2, 0.25) is 0 Å². The number of nitro groups is 1. The lowest BCUT2D eigenvalue weighted by atomic mass is 10.4. The highest BCUT2D eigenvalue weighted by Crippen LogP contribution is 2.13. The topological polar surface area (TPSA) is 61.6 Å². The van der Waals surface area contributed by atoms with Gasteiger partial charge in [-0.1, -0.05) is 6.08 Å². The minimum atomic E-state index is -1.82. The Morgan fingerprint density at radius 3 is 2.00 bits per heavy atom. The van der Waals surface area contributed by atoms with Crippen molar-refractivity contribution in [3.05, 3.63) is 22.3 Å². The molecule has 0 rings (SSSR count). The van der Waals surface area contributed by atoms with Gasteiger partial charge in [-0.2, -0.15) is 0 Å². The number of allylic oxidation sites excluding steroid dienone is 1. The molecule has 64 valence electrons. The summed E-state index contributed by atoms with van der Waals surface area (Å²) in [7, 11) is 2.43. The number of methoxy groups -OCH3 is 2. The quantitative estimate of drug-likeness (QED) is 0.264. The maximum absolute atomic E-state index is 10.4. The van der Waals surface area contributed by atoms with Crippen LogP contribution < -0.4 is 0 Å². The third kappa shape index (κ3) is 1.99. The van der Waals surface area contributed by atoms with Gasteiger partial charge >= 0.3 is 5.91 Å². The molecular weight excluding hydrogens is 150 g/mol. The van der Waals surface area contributed by atoms with Crippen molar-refractivity contribution in [2.24, 2.45) is 0 Å². The van der Waals surface area contributed by atoms with Gasteiger partial charge in [-0.25, -0.2) is 0 Å². The Bertz CT molecular complexity index is 162. The molecule has 0 radical (unpaired) electrons. The van der Waals surface area contributed by atoms with E-state index in [2.05, 4.69) is 9.47 Å². The second-order valence-corrected chi connectivity index (χ2v) is 1.80. The standard InChI is InChI=1S/C6H11NO4/c1-4-5-6(10-2,11-3)7(8)9/h4-5H,1-3H3/b5-4+. The number of nitrogens with zero attached hydrogens (tertiary/aromatic N) is 1. The van der Waals surface area contributed by atoms with Crippen molar-refractivity contribution in [3.63, 3.8) is 0 Å². The second-order valence-electron chi connectivity index (χ2n) is 1.80. The van der Waals surface area contributed by atoms with E-state index in [1.165, 1.54) is 26.4 Å². The van der Waals surface area contributed by atoms with Gasteiger partial charge in [-0.15, -0.1) is 0 Å². The zero-order valence-electron chi connectivity index (χ0n) is 6.73. The van der Waals surface area contributed by atoms with E-state index in [0.717, 1.165) is 0 Å². The summed E-state index contributed by atoms with van der Waals surface area (Å²) in [5, 5.41) is 10.4. The maximum Gasteiger partial charge on any atom is 0.462 e. The maximum atomic E-state index is 10.4. The Kier molecular flexibility index (Phi) is 3.70. The van der Waals surface area contributed by atoms with E-state index < -0.39 is 10.8 Å². The first-order chi connectivity index (χ1) is 5.13. The van der Waals surface area contributed by atoms with E-state index in [1.807, 2.05) is 0 Å². The van der Waals surface area contributed by atoms with Crippen LogP contribution in [0.5, 0.6) is 0 Å². The third-order valence-electron chi connectivity index (χ3n) is 1.22. The third-order valence-corrected chi connectivity index (χ3v) is 1.22. The van der Waals surface area contributed by atoms with Crippen molar-refractivity contribution in [3.8, 4) is 0 Å². The number of hydrogen-bond donors (Lipinski definition) is 0. The van der Waals surface area contributed by atoms with Crippen molar-refractivity contribution in [1.29, 1.82) is 0 Å². The molecule has 5 nitrogen and oxygen atoms in total. The van der Waals surface area contributed by atoms with Gasteiger partial charge < -0.3 is 0 Å². The molecule has 0 aliphatic carbocycles. The predicted molar refractivity (Wildman–Crippen MR) is 38.6 cm³/mol. The number of hydrogen-bond acceptors (Lipinski definition) is 4. The molecule has 0 aromatic heterocycles. The summed E-state index contributed by atoms with van der Waals surface area (Å²) in [5.74, 6) is -1.82. The number of ether oxygens (including phenoxy) is 2. The lowest BCUT2D eigenvalue weighted by Crippen LogP contribution is -2.40. The van der Waals surface area contributed by atoms with Crippen LogP contribution in [0.2, 0.25) is 0 Å². The van der Waals surface area contributed by atoms with Crippen LogP contribution in [0.25, 0.3) is 0 Å². The molecule has 0 saturated heterocycles. The van der Waals surface area contributed by atoms with E-state index in [4.69, 9.17) is 0 Å². The smallest absolute Gasteiger partial charge is 0.291 e. The second kappa shape index (κ2) is 4.05. The first kappa shape index (κ1) is 10.1. The summed E-state index contributed by atoms with van der Waals surface area (Å²) in [6.07, 6.45) is 2.72. The molecule has 0 unspecified atom stereocenters. The molecule has 0 fully saturated rings. The van der Waals surface area contributed by atoms with Crippen LogP contribution in [-0.2, 0) is 9.47 Å². The average molecular weight is 161 g/mol. The van der Waals surface area contributed by atoms with Crippen LogP contribution in [0.15, 0.2) is 12.2 Å². The summed E-state index contributed by atoms with van der Waals surface area (Å²) >= 11 is 0. The normalized spacial score (nSPS) is 12.3. The Balaban J connectivity index is 4.60. The molecule has 11 heavy (non-hydrogen) atoms. The summed E-state index contributed by atoms with van der Waals surface area (Å²) in [6, 6.07) is 0. The molecule has 0 atom stereocenters. The van der Waals surface area contributed by atoms with Crippen molar-refractivity contribution in [2.75, 3.05) is 14.2 Å². The number of rotatable bonds is 4. The average Bonchev–Trinajstić information content (AvgIpc) is 2.00. The molecular formula is C6H11NO4. The first-order valence-electron chi connectivity index (χ1n) is 3.01. The predicted octanol–water partition coefficient (Wildman–Crippen LogP) is 0.786. The molecule has 0 saturated carbocycles. The minimum absolute atomic E-state index is 0.646. The Morgan fingerprint density at radius 2 is 1.91 bits per heavy atom. The molecule has 0 heterocycles. The SMILES string of the molecule is C/C=C/C(OC)(OC)[N+](=O)[O-]. The Hall–Kier alpha value is -0.940. The molecule has 0 bridgehead atoms. The lowest BCUT2D eigenvalue weighted by molar-refractivity contribution is -0.669. The molecule has 5 heteroatoms. The van der Waals surface area contributed by atoms with Gasteiger partial charge in [0.1, 0.15) is 0 Å². The van der Waals surface area contributed by atoms with Gasteiger partial charge in [0.05, 0.1) is 11.0 Å². The van der Waals surface area contributed by atoms with Gasteiger partial charge in [0, 0.05) is 14.2 Å². The first-order valence-corrected chi connectivity index (χ1v) is 3.01. The van der Waals surface area contributed by atoms with E-state index >= 15 is 0 Å². The van der Waals surface area contributed by atoms with Crippen molar-refractivity contribution in [1.82, 2.24) is 0 Å². The highest BCUT2D eigenvalue weighted by molar-refractivity contribution is 4.86. The van der Waals surface area contributed by atoms with E-state index in [9.17, 15) is 10.1 Å². The molecule has 0 spiro atoms. The van der Waals surface area contributed by atoms with E-state index in [1.54, 1.807) is 6.92 Å². The van der Waals surface area contributed by atoms with Crippen LogP contribution in [0.1, 0.15) is 6.92 Å². The highest BCUT2D eigenvalue weighted by atomic mass is 16.8. The van der Waals surface area contributed by atoms with Gasteiger partial charge in [-0.3, -0.25) is 19.6 Å². The molecule has 0 aromatic rings. The van der Waals surface area contributed by atoms with Crippen LogP contribution in [0.4, 0.5) is 0 Å².